The van der Waals surface area contributed by atoms with Crippen LogP contribution in [0.15, 0.2) is 89.4 Å². The van der Waals surface area contributed by atoms with Crippen molar-refractivity contribution >= 4 is 44.4 Å². The van der Waals surface area contributed by atoms with E-state index >= 15 is 0 Å². The number of nitrogens with zero attached hydrogens (tertiary/aromatic N) is 1. The maximum Gasteiger partial charge on any atom is 0.416 e. The molecule has 0 saturated heterocycles. The molecule has 0 aromatic heterocycles. The van der Waals surface area contributed by atoms with Gasteiger partial charge in [0, 0.05) is 21.6 Å². The first-order valence-electron chi connectivity index (χ1n) is 9.60. The van der Waals surface area contributed by atoms with Gasteiger partial charge in [-0.3, -0.25) is 4.90 Å². The molecule has 1 atom stereocenters. The minimum absolute atomic E-state index is 0.267. The number of fused-ring (bicyclic) bond motifs is 3. The van der Waals surface area contributed by atoms with Crippen LogP contribution in [0.4, 0.5) is 4.79 Å². The van der Waals surface area contributed by atoms with Gasteiger partial charge >= 0.3 is 6.09 Å². The zero-order valence-electron chi connectivity index (χ0n) is 15.9. The molecule has 1 heterocycles. The number of hydrogen-bond donors (Lipinski definition) is 0. The van der Waals surface area contributed by atoms with E-state index in [2.05, 4.69) is 28.1 Å². The molecule has 3 nitrogen and oxygen atoms in total. The van der Waals surface area contributed by atoms with E-state index in [4.69, 9.17) is 16.3 Å². The summed E-state index contributed by atoms with van der Waals surface area (Å²) in [5.41, 5.74) is 3.02. The van der Waals surface area contributed by atoms with Gasteiger partial charge in [-0.2, -0.15) is 0 Å². The van der Waals surface area contributed by atoms with Gasteiger partial charge < -0.3 is 4.74 Å². The highest BCUT2D eigenvalue weighted by atomic mass is 79.9. The van der Waals surface area contributed by atoms with Crippen LogP contribution in [0.1, 0.15) is 22.7 Å². The van der Waals surface area contributed by atoms with E-state index < -0.39 is 0 Å². The number of amides is 1. The Morgan fingerprint density at radius 3 is 2.40 bits per heavy atom. The summed E-state index contributed by atoms with van der Waals surface area (Å²) in [6.45, 7) is 0.416. The third-order valence-electron chi connectivity index (χ3n) is 5.40. The quantitative estimate of drug-likeness (QED) is 0.308. The standard InChI is InChI=1S/C25H17BrClNO2/c26-19-10-7-18(8-11-19)24-23-21-4-2-1-3-17(21)9-14-22(23)30-25(29)28(24)15-16-5-12-20(27)13-6-16/h1-14,24H,15H2. The van der Waals surface area contributed by atoms with Crippen LogP contribution in [0.3, 0.4) is 0 Å². The molecule has 0 spiro atoms. The van der Waals surface area contributed by atoms with E-state index in [1.54, 1.807) is 4.90 Å². The maximum absolute atomic E-state index is 13.1. The van der Waals surface area contributed by atoms with Crippen molar-refractivity contribution in [3.05, 3.63) is 111 Å². The molecule has 0 aliphatic carbocycles. The minimum Gasteiger partial charge on any atom is -0.410 e. The molecule has 5 heteroatoms. The monoisotopic (exact) mass is 477 g/mol. The Morgan fingerprint density at radius 1 is 0.900 bits per heavy atom. The van der Waals surface area contributed by atoms with Crippen molar-refractivity contribution in [3.63, 3.8) is 0 Å². The second-order valence-corrected chi connectivity index (χ2v) is 8.63. The Labute approximate surface area is 188 Å². The van der Waals surface area contributed by atoms with Gasteiger partial charge in [0.1, 0.15) is 5.75 Å². The average molecular weight is 479 g/mol. The lowest BCUT2D eigenvalue weighted by Crippen LogP contribution is -2.41. The molecule has 0 saturated carbocycles. The fourth-order valence-corrected chi connectivity index (χ4v) is 4.38. The summed E-state index contributed by atoms with van der Waals surface area (Å²) in [6.07, 6.45) is -0.361. The fraction of sp³-hybridized carbons (Fsp3) is 0.0800. The molecule has 0 radical (unpaired) electrons. The molecule has 1 amide bonds. The summed E-state index contributed by atoms with van der Waals surface area (Å²) in [6, 6.07) is 27.5. The van der Waals surface area contributed by atoms with Gasteiger partial charge in [-0.1, -0.05) is 82.1 Å². The zero-order valence-corrected chi connectivity index (χ0v) is 18.2. The zero-order chi connectivity index (χ0) is 20.7. The minimum atomic E-state index is -0.361. The SMILES string of the molecule is O=C1Oc2ccc3ccccc3c2C(c2ccc(Br)cc2)N1Cc1ccc(Cl)cc1. The van der Waals surface area contributed by atoms with Crippen molar-refractivity contribution in [2.45, 2.75) is 12.6 Å². The van der Waals surface area contributed by atoms with Crippen molar-refractivity contribution in [2.75, 3.05) is 0 Å². The van der Waals surface area contributed by atoms with Crippen LogP contribution in [-0.4, -0.2) is 11.0 Å². The predicted molar refractivity (Wildman–Crippen MR) is 123 cm³/mol. The van der Waals surface area contributed by atoms with E-state index in [0.717, 1.165) is 31.9 Å². The van der Waals surface area contributed by atoms with E-state index in [9.17, 15) is 4.79 Å². The Bertz CT molecular complexity index is 1240. The van der Waals surface area contributed by atoms with Crippen molar-refractivity contribution < 1.29 is 9.53 Å². The first-order chi connectivity index (χ1) is 14.6. The molecular formula is C25H17BrClNO2. The fourth-order valence-electron chi connectivity index (χ4n) is 3.99. The Morgan fingerprint density at radius 2 is 1.63 bits per heavy atom. The first kappa shape index (κ1) is 19.2. The summed E-state index contributed by atoms with van der Waals surface area (Å²) < 4.78 is 6.77. The van der Waals surface area contributed by atoms with Gasteiger partial charge in [-0.25, -0.2) is 4.79 Å². The highest BCUT2D eigenvalue weighted by Crippen LogP contribution is 2.44. The Balaban J connectivity index is 1.70. The summed E-state index contributed by atoms with van der Waals surface area (Å²) in [4.78, 5) is 14.9. The molecule has 4 aromatic carbocycles. The van der Waals surface area contributed by atoms with Gasteiger partial charge in [0.05, 0.1) is 6.04 Å². The number of carbonyl (C=O) groups is 1. The summed E-state index contributed by atoms with van der Waals surface area (Å²) in [5.74, 6) is 0.610. The molecule has 148 valence electrons. The number of rotatable bonds is 3. The van der Waals surface area contributed by atoms with Crippen LogP contribution in [0, 0.1) is 0 Å². The largest absolute Gasteiger partial charge is 0.416 e. The van der Waals surface area contributed by atoms with Crippen molar-refractivity contribution in [1.29, 1.82) is 0 Å². The van der Waals surface area contributed by atoms with E-state index in [1.165, 1.54) is 0 Å². The highest BCUT2D eigenvalue weighted by molar-refractivity contribution is 9.10. The van der Waals surface area contributed by atoms with Crippen LogP contribution in [0.2, 0.25) is 5.02 Å². The topological polar surface area (TPSA) is 29.5 Å². The smallest absolute Gasteiger partial charge is 0.410 e. The molecule has 4 aromatic rings. The van der Waals surface area contributed by atoms with Gasteiger partial charge in [-0.15, -0.1) is 0 Å². The van der Waals surface area contributed by atoms with Gasteiger partial charge in [-0.05, 0) is 52.2 Å². The lowest BCUT2D eigenvalue weighted by Gasteiger charge is -2.37. The number of carbonyl (C=O) groups excluding carboxylic acids is 1. The molecule has 1 aliphatic heterocycles. The van der Waals surface area contributed by atoms with Crippen LogP contribution in [0.25, 0.3) is 10.8 Å². The van der Waals surface area contributed by atoms with E-state index in [1.807, 2.05) is 72.8 Å². The number of halogens is 2. The average Bonchev–Trinajstić information content (AvgIpc) is 2.76. The van der Waals surface area contributed by atoms with E-state index in [-0.39, 0.29) is 12.1 Å². The van der Waals surface area contributed by atoms with E-state index in [0.29, 0.717) is 17.3 Å². The molecule has 0 bridgehead atoms. The number of hydrogen-bond acceptors (Lipinski definition) is 2. The number of ether oxygens (including phenoxy) is 1. The lowest BCUT2D eigenvalue weighted by molar-refractivity contribution is 0.123. The second kappa shape index (κ2) is 7.78. The molecule has 0 N–H and O–H groups in total. The Hall–Kier alpha value is -2.82. The normalized spacial score (nSPS) is 15.7. The second-order valence-electron chi connectivity index (χ2n) is 7.27. The van der Waals surface area contributed by atoms with Crippen molar-refractivity contribution in [3.8, 4) is 5.75 Å². The summed E-state index contributed by atoms with van der Waals surface area (Å²) >= 11 is 9.56. The van der Waals surface area contributed by atoms with Crippen molar-refractivity contribution in [1.82, 2.24) is 4.90 Å². The molecular weight excluding hydrogens is 462 g/mol. The van der Waals surface area contributed by atoms with Crippen LogP contribution in [-0.2, 0) is 6.54 Å². The third kappa shape index (κ3) is 3.47. The molecule has 1 unspecified atom stereocenters. The van der Waals surface area contributed by atoms with Crippen molar-refractivity contribution in [2.24, 2.45) is 0 Å². The lowest BCUT2D eigenvalue weighted by atomic mass is 9.90. The molecule has 0 fully saturated rings. The van der Waals surface area contributed by atoms with Crippen LogP contribution >= 0.6 is 27.5 Å². The maximum atomic E-state index is 13.1. The third-order valence-corrected chi connectivity index (χ3v) is 6.18. The van der Waals surface area contributed by atoms with Crippen LogP contribution in [0.5, 0.6) is 5.75 Å². The molecule has 1 aliphatic rings. The summed E-state index contributed by atoms with van der Waals surface area (Å²) in [5, 5.41) is 2.86. The van der Waals surface area contributed by atoms with Crippen LogP contribution < -0.4 is 4.74 Å². The first-order valence-corrected chi connectivity index (χ1v) is 10.8. The predicted octanol–water partition coefficient (Wildman–Crippen LogP) is 7.36. The molecule has 30 heavy (non-hydrogen) atoms. The number of benzene rings is 4. The highest BCUT2D eigenvalue weighted by Gasteiger charge is 2.36. The van der Waals surface area contributed by atoms with Gasteiger partial charge in [0.15, 0.2) is 0 Å². The molecule has 5 rings (SSSR count). The van der Waals surface area contributed by atoms with Gasteiger partial charge in [0.2, 0.25) is 0 Å². The summed E-state index contributed by atoms with van der Waals surface area (Å²) in [7, 11) is 0. The van der Waals surface area contributed by atoms with Gasteiger partial charge in [0.25, 0.3) is 0 Å². The Kier molecular flexibility index (Phi) is 4.97.